The second-order valence-electron chi connectivity index (χ2n) is 3.78. The molecule has 0 amide bonds. The van der Waals surface area contributed by atoms with Crippen molar-refractivity contribution in [2.24, 2.45) is 5.73 Å². The quantitative estimate of drug-likeness (QED) is 0.931. The number of nitrogens with zero attached hydrogens (tertiary/aromatic N) is 2. The predicted molar refractivity (Wildman–Crippen MR) is 71.1 cm³/mol. The van der Waals surface area contributed by atoms with Crippen molar-refractivity contribution in [3.63, 3.8) is 0 Å². The van der Waals surface area contributed by atoms with Crippen LogP contribution in [0, 0.1) is 6.92 Å². The molecular formula is C12H13Cl2N3. The Hall–Kier alpha value is -1.03. The number of nitrogens with two attached hydrogens (primary N) is 1. The van der Waals surface area contributed by atoms with Crippen LogP contribution in [0.2, 0.25) is 10.0 Å². The van der Waals surface area contributed by atoms with E-state index in [-0.39, 0.29) is 0 Å². The number of rotatable bonds is 3. The molecule has 0 bridgehead atoms. The standard InChI is InChI=1S/C12H13Cl2N3/c1-8-16-10(4-5-15)7-17(8)12-3-2-9(13)6-11(12)14/h2-3,6-7H,4-5,15H2,1H3. The maximum atomic E-state index is 6.16. The van der Waals surface area contributed by atoms with Gasteiger partial charge in [-0.2, -0.15) is 0 Å². The van der Waals surface area contributed by atoms with Gasteiger partial charge >= 0.3 is 0 Å². The number of benzene rings is 1. The summed E-state index contributed by atoms with van der Waals surface area (Å²) in [6, 6.07) is 5.41. The van der Waals surface area contributed by atoms with Gasteiger partial charge in [-0.05, 0) is 31.7 Å². The SMILES string of the molecule is Cc1nc(CCN)cn1-c1ccc(Cl)cc1Cl. The van der Waals surface area contributed by atoms with E-state index in [0.29, 0.717) is 16.6 Å². The Bertz CT molecular complexity index is 535. The molecule has 0 atom stereocenters. The number of halogens is 2. The summed E-state index contributed by atoms with van der Waals surface area (Å²) in [5.74, 6) is 0.887. The van der Waals surface area contributed by atoms with E-state index in [1.807, 2.05) is 29.8 Å². The van der Waals surface area contributed by atoms with Crippen molar-refractivity contribution in [2.75, 3.05) is 6.54 Å². The summed E-state index contributed by atoms with van der Waals surface area (Å²) in [7, 11) is 0. The van der Waals surface area contributed by atoms with Gasteiger partial charge in [-0.3, -0.25) is 0 Å². The molecule has 0 unspecified atom stereocenters. The molecule has 0 radical (unpaired) electrons. The molecule has 1 aromatic heterocycles. The maximum Gasteiger partial charge on any atom is 0.110 e. The lowest BCUT2D eigenvalue weighted by molar-refractivity contribution is 0.928. The Morgan fingerprint density at radius 2 is 2.12 bits per heavy atom. The van der Waals surface area contributed by atoms with Gasteiger partial charge in [-0.25, -0.2) is 4.98 Å². The Labute approximate surface area is 110 Å². The Kier molecular flexibility index (Phi) is 3.72. The zero-order chi connectivity index (χ0) is 12.4. The highest BCUT2D eigenvalue weighted by molar-refractivity contribution is 6.35. The maximum absolute atomic E-state index is 6.16. The zero-order valence-electron chi connectivity index (χ0n) is 9.45. The van der Waals surface area contributed by atoms with E-state index in [4.69, 9.17) is 28.9 Å². The van der Waals surface area contributed by atoms with Gasteiger partial charge in [-0.15, -0.1) is 0 Å². The third-order valence-corrected chi connectivity index (χ3v) is 3.04. The first-order chi connectivity index (χ1) is 8.11. The Balaban J connectivity index is 2.45. The molecule has 0 saturated heterocycles. The van der Waals surface area contributed by atoms with Crippen LogP contribution in [0.4, 0.5) is 0 Å². The highest BCUT2D eigenvalue weighted by atomic mass is 35.5. The molecule has 1 heterocycles. The minimum atomic E-state index is 0.588. The number of aryl methyl sites for hydroxylation is 1. The summed E-state index contributed by atoms with van der Waals surface area (Å²) >= 11 is 12.0. The highest BCUT2D eigenvalue weighted by Gasteiger charge is 2.08. The Morgan fingerprint density at radius 1 is 1.35 bits per heavy atom. The number of aromatic nitrogens is 2. The van der Waals surface area contributed by atoms with Gasteiger partial charge < -0.3 is 10.3 Å². The van der Waals surface area contributed by atoms with Gasteiger partial charge in [-0.1, -0.05) is 23.2 Å². The summed E-state index contributed by atoms with van der Waals surface area (Å²) in [5, 5.41) is 1.23. The lowest BCUT2D eigenvalue weighted by Crippen LogP contribution is -2.02. The van der Waals surface area contributed by atoms with Crippen molar-refractivity contribution in [2.45, 2.75) is 13.3 Å². The highest BCUT2D eigenvalue weighted by Crippen LogP contribution is 2.25. The van der Waals surface area contributed by atoms with Crippen LogP contribution in [0.25, 0.3) is 5.69 Å². The molecule has 0 aliphatic carbocycles. The first kappa shape index (κ1) is 12.4. The van der Waals surface area contributed by atoms with Crippen molar-refractivity contribution >= 4 is 23.2 Å². The summed E-state index contributed by atoms with van der Waals surface area (Å²) < 4.78 is 1.95. The third kappa shape index (κ3) is 2.63. The van der Waals surface area contributed by atoms with Crippen molar-refractivity contribution in [1.82, 2.24) is 9.55 Å². The van der Waals surface area contributed by atoms with Gasteiger partial charge in [0.2, 0.25) is 0 Å². The first-order valence-corrected chi connectivity index (χ1v) is 6.08. The van der Waals surface area contributed by atoms with Crippen LogP contribution in [-0.4, -0.2) is 16.1 Å². The molecule has 2 aromatic rings. The summed E-state index contributed by atoms with van der Waals surface area (Å²) in [6.07, 6.45) is 2.72. The smallest absolute Gasteiger partial charge is 0.110 e. The average molecular weight is 270 g/mol. The minimum Gasteiger partial charge on any atom is -0.330 e. The second-order valence-corrected chi connectivity index (χ2v) is 4.63. The second kappa shape index (κ2) is 5.08. The average Bonchev–Trinajstić information content (AvgIpc) is 2.60. The van der Waals surface area contributed by atoms with Gasteiger partial charge in [0.05, 0.1) is 16.4 Å². The molecule has 0 saturated carbocycles. The molecule has 2 rings (SSSR count). The predicted octanol–water partition coefficient (Wildman–Crippen LogP) is 2.99. The van der Waals surface area contributed by atoms with Crippen LogP contribution in [0.15, 0.2) is 24.4 Å². The molecule has 0 fully saturated rings. The lowest BCUT2D eigenvalue weighted by Gasteiger charge is -2.07. The van der Waals surface area contributed by atoms with E-state index >= 15 is 0 Å². The van der Waals surface area contributed by atoms with Crippen LogP contribution in [-0.2, 0) is 6.42 Å². The van der Waals surface area contributed by atoms with Crippen LogP contribution >= 0.6 is 23.2 Å². The van der Waals surface area contributed by atoms with E-state index in [9.17, 15) is 0 Å². The van der Waals surface area contributed by atoms with Crippen LogP contribution in [0.5, 0.6) is 0 Å². The fraction of sp³-hybridized carbons (Fsp3) is 0.250. The van der Waals surface area contributed by atoms with Crippen molar-refractivity contribution in [3.05, 3.63) is 46.0 Å². The van der Waals surface area contributed by atoms with E-state index < -0.39 is 0 Å². The van der Waals surface area contributed by atoms with Crippen LogP contribution in [0.3, 0.4) is 0 Å². The molecule has 0 aliphatic rings. The Morgan fingerprint density at radius 3 is 2.76 bits per heavy atom. The van der Waals surface area contributed by atoms with Gasteiger partial charge in [0.1, 0.15) is 5.82 Å². The third-order valence-electron chi connectivity index (χ3n) is 2.50. The largest absolute Gasteiger partial charge is 0.330 e. The van der Waals surface area contributed by atoms with E-state index in [2.05, 4.69) is 4.98 Å². The molecule has 0 aliphatic heterocycles. The molecule has 90 valence electrons. The molecule has 5 heteroatoms. The number of imidazole rings is 1. The molecule has 0 spiro atoms. The number of hydrogen-bond donors (Lipinski definition) is 1. The molecule has 1 aromatic carbocycles. The van der Waals surface area contributed by atoms with Crippen LogP contribution in [0.1, 0.15) is 11.5 Å². The van der Waals surface area contributed by atoms with Gasteiger partial charge in [0.15, 0.2) is 0 Å². The molecular weight excluding hydrogens is 257 g/mol. The fourth-order valence-corrected chi connectivity index (χ4v) is 2.22. The normalized spacial score (nSPS) is 10.8. The molecule has 17 heavy (non-hydrogen) atoms. The van der Waals surface area contributed by atoms with Crippen LogP contribution < -0.4 is 5.73 Å². The van der Waals surface area contributed by atoms with E-state index in [1.54, 1.807) is 6.07 Å². The topological polar surface area (TPSA) is 43.8 Å². The zero-order valence-corrected chi connectivity index (χ0v) is 11.0. The first-order valence-electron chi connectivity index (χ1n) is 5.32. The van der Waals surface area contributed by atoms with Gasteiger partial charge in [0.25, 0.3) is 0 Å². The van der Waals surface area contributed by atoms with Crippen molar-refractivity contribution < 1.29 is 0 Å². The van der Waals surface area contributed by atoms with Gasteiger partial charge in [0, 0.05) is 17.6 Å². The van der Waals surface area contributed by atoms with Crippen molar-refractivity contribution in [1.29, 1.82) is 0 Å². The van der Waals surface area contributed by atoms with E-state index in [0.717, 1.165) is 23.6 Å². The summed E-state index contributed by atoms with van der Waals surface area (Å²) in [5.41, 5.74) is 7.36. The fourth-order valence-electron chi connectivity index (χ4n) is 1.72. The molecule has 2 N–H and O–H groups in total. The number of hydrogen-bond acceptors (Lipinski definition) is 2. The minimum absolute atomic E-state index is 0.588. The molecule has 3 nitrogen and oxygen atoms in total. The summed E-state index contributed by atoms with van der Waals surface area (Å²) in [6.45, 7) is 2.52. The monoisotopic (exact) mass is 269 g/mol. The van der Waals surface area contributed by atoms with Crippen molar-refractivity contribution in [3.8, 4) is 5.69 Å². The lowest BCUT2D eigenvalue weighted by atomic mass is 10.3. The van der Waals surface area contributed by atoms with E-state index in [1.165, 1.54) is 0 Å². The summed E-state index contributed by atoms with van der Waals surface area (Å²) in [4.78, 5) is 4.43.